The van der Waals surface area contributed by atoms with Crippen molar-refractivity contribution in [2.24, 2.45) is 5.92 Å². The Bertz CT molecular complexity index is 338. The SMILES string of the molecule is CC1CCCC(Nc2cccc(N)n2)CC1. The van der Waals surface area contributed by atoms with E-state index < -0.39 is 0 Å². The van der Waals surface area contributed by atoms with Gasteiger partial charge in [0.2, 0.25) is 0 Å². The van der Waals surface area contributed by atoms with Crippen LogP contribution in [0.1, 0.15) is 39.0 Å². The minimum atomic E-state index is 0.569. The summed E-state index contributed by atoms with van der Waals surface area (Å²) in [5.41, 5.74) is 5.67. The summed E-state index contributed by atoms with van der Waals surface area (Å²) in [6.45, 7) is 2.35. The molecule has 16 heavy (non-hydrogen) atoms. The van der Waals surface area contributed by atoms with Crippen LogP contribution in [0.25, 0.3) is 0 Å². The fourth-order valence-electron chi connectivity index (χ4n) is 2.37. The Hall–Kier alpha value is -1.25. The van der Waals surface area contributed by atoms with Crippen molar-refractivity contribution in [3.8, 4) is 0 Å². The Labute approximate surface area is 97.5 Å². The monoisotopic (exact) mass is 219 g/mol. The minimum absolute atomic E-state index is 0.569. The van der Waals surface area contributed by atoms with E-state index in [9.17, 15) is 0 Å². The van der Waals surface area contributed by atoms with Gasteiger partial charge in [-0.25, -0.2) is 4.98 Å². The third-order valence-electron chi connectivity index (χ3n) is 3.38. The smallest absolute Gasteiger partial charge is 0.128 e. The van der Waals surface area contributed by atoms with E-state index in [-0.39, 0.29) is 0 Å². The highest BCUT2D eigenvalue weighted by molar-refractivity contribution is 5.42. The third-order valence-corrected chi connectivity index (χ3v) is 3.38. The van der Waals surface area contributed by atoms with Crippen LogP contribution in [-0.4, -0.2) is 11.0 Å². The van der Waals surface area contributed by atoms with Gasteiger partial charge in [-0.1, -0.05) is 25.8 Å². The van der Waals surface area contributed by atoms with Crippen molar-refractivity contribution in [1.82, 2.24) is 4.98 Å². The summed E-state index contributed by atoms with van der Waals surface area (Å²) < 4.78 is 0. The molecule has 3 N–H and O–H groups in total. The predicted molar refractivity (Wildman–Crippen MR) is 68.3 cm³/mol. The van der Waals surface area contributed by atoms with E-state index in [1.165, 1.54) is 32.1 Å². The maximum atomic E-state index is 5.67. The van der Waals surface area contributed by atoms with Gasteiger partial charge in [0.1, 0.15) is 11.6 Å². The van der Waals surface area contributed by atoms with Gasteiger partial charge in [0.15, 0.2) is 0 Å². The molecule has 3 nitrogen and oxygen atoms in total. The van der Waals surface area contributed by atoms with Crippen molar-refractivity contribution in [3.05, 3.63) is 18.2 Å². The van der Waals surface area contributed by atoms with Gasteiger partial charge in [-0.3, -0.25) is 0 Å². The molecule has 0 saturated heterocycles. The predicted octanol–water partition coefficient (Wildman–Crippen LogP) is 3.04. The zero-order valence-electron chi connectivity index (χ0n) is 9.95. The molecule has 2 unspecified atom stereocenters. The van der Waals surface area contributed by atoms with Crippen molar-refractivity contribution in [2.75, 3.05) is 11.1 Å². The standard InChI is InChI=1S/C13H21N3/c1-10-4-2-5-11(9-8-10)15-13-7-3-6-12(14)16-13/h3,6-7,10-11H,2,4-5,8-9H2,1H3,(H3,14,15,16). The molecule has 0 aliphatic heterocycles. The van der Waals surface area contributed by atoms with Crippen LogP contribution >= 0.6 is 0 Å². The van der Waals surface area contributed by atoms with E-state index in [4.69, 9.17) is 5.73 Å². The molecule has 1 aromatic heterocycles. The van der Waals surface area contributed by atoms with Crippen LogP contribution in [0.2, 0.25) is 0 Å². The Morgan fingerprint density at radius 3 is 2.94 bits per heavy atom. The molecule has 0 aromatic carbocycles. The van der Waals surface area contributed by atoms with E-state index in [1.54, 1.807) is 0 Å². The highest BCUT2D eigenvalue weighted by atomic mass is 15.0. The van der Waals surface area contributed by atoms with Crippen LogP contribution in [0, 0.1) is 5.92 Å². The van der Waals surface area contributed by atoms with Gasteiger partial charge >= 0.3 is 0 Å². The summed E-state index contributed by atoms with van der Waals surface area (Å²) in [5, 5.41) is 3.49. The average Bonchev–Trinajstić information content (AvgIpc) is 2.44. The highest BCUT2D eigenvalue weighted by Gasteiger charge is 2.16. The van der Waals surface area contributed by atoms with Gasteiger partial charge in [0.05, 0.1) is 0 Å². The summed E-state index contributed by atoms with van der Waals surface area (Å²) >= 11 is 0. The van der Waals surface area contributed by atoms with Gasteiger partial charge in [-0.2, -0.15) is 0 Å². The fraction of sp³-hybridized carbons (Fsp3) is 0.615. The molecule has 1 aliphatic carbocycles. The molecule has 2 rings (SSSR count). The number of nitrogens with two attached hydrogens (primary N) is 1. The summed E-state index contributed by atoms with van der Waals surface area (Å²) in [6, 6.07) is 6.33. The molecule has 1 aliphatic rings. The molecular weight excluding hydrogens is 198 g/mol. The van der Waals surface area contributed by atoms with Crippen LogP contribution in [-0.2, 0) is 0 Å². The molecule has 2 atom stereocenters. The van der Waals surface area contributed by atoms with Crippen LogP contribution in [0.3, 0.4) is 0 Å². The quantitative estimate of drug-likeness (QED) is 0.752. The lowest BCUT2D eigenvalue weighted by molar-refractivity contribution is 0.502. The lowest BCUT2D eigenvalue weighted by atomic mass is 10.0. The fourth-order valence-corrected chi connectivity index (χ4v) is 2.37. The normalized spacial score (nSPS) is 26.1. The molecule has 1 fully saturated rings. The molecular formula is C13H21N3. The molecule has 0 spiro atoms. The topological polar surface area (TPSA) is 50.9 Å². The van der Waals surface area contributed by atoms with Crippen molar-refractivity contribution in [3.63, 3.8) is 0 Å². The second-order valence-electron chi connectivity index (χ2n) is 4.90. The van der Waals surface area contributed by atoms with Crippen LogP contribution in [0.4, 0.5) is 11.6 Å². The molecule has 1 saturated carbocycles. The largest absolute Gasteiger partial charge is 0.384 e. The first-order valence-electron chi connectivity index (χ1n) is 6.23. The molecule has 1 heterocycles. The second kappa shape index (κ2) is 5.19. The van der Waals surface area contributed by atoms with E-state index in [1.807, 2.05) is 18.2 Å². The first-order chi connectivity index (χ1) is 7.74. The number of nitrogens with zero attached hydrogens (tertiary/aromatic N) is 1. The van der Waals surface area contributed by atoms with Gasteiger partial charge in [0.25, 0.3) is 0 Å². The Morgan fingerprint density at radius 1 is 1.25 bits per heavy atom. The number of anilines is 2. The van der Waals surface area contributed by atoms with Gasteiger partial charge in [0, 0.05) is 6.04 Å². The molecule has 0 amide bonds. The van der Waals surface area contributed by atoms with Gasteiger partial charge in [-0.05, 0) is 37.3 Å². The van der Waals surface area contributed by atoms with Crippen molar-refractivity contribution >= 4 is 11.6 Å². The summed E-state index contributed by atoms with van der Waals surface area (Å²) in [7, 11) is 0. The van der Waals surface area contributed by atoms with E-state index in [0.29, 0.717) is 11.9 Å². The van der Waals surface area contributed by atoms with Gasteiger partial charge in [-0.15, -0.1) is 0 Å². The van der Waals surface area contributed by atoms with Crippen molar-refractivity contribution in [1.29, 1.82) is 0 Å². The number of nitrogens with one attached hydrogen (secondary N) is 1. The zero-order chi connectivity index (χ0) is 11.4. The van der Waals surface area contributed by atoms with Gasteiger partial charge < -0.3 is 11.1 Å². The minimum Gasteiger partial charge on any atom is -0.384 e. The lowest BCUT2D eigenvalue weighted by Crippen LogP contribution is -2.19. The molecule has 1 aromatic rings. The highest BCUT2D eigenvalue weighted by Crippen LogP contribution is 2.24. The first-order valence-corrected chi connectivity index (χ1v) is 6.23. The number of hydrogen-bond acceptors (Lipinski definition) is 3. The Morgan fingerprint density at radius 2 is 2.12 bits per heavy atom. The molecule has 0 bridgehead atoms. The zero-order valence-corrected chi connectivity index (χ0v) is 9.95. The Kier molecular flexibility index (Phi) is 3.65. The Balaban J connectivity index is 1.93. The molecule has 3 heteroatoms. The number of aromatic nitrogens is 1. The van der Waals surface area contributed by atoms with Crippen molar-refractivity contribution in [2.45, 2.75) is 45.1 Å². The first kappa shape index (κ1) is 11.2. The second-order valence-corrected chi connectivity index (χ2v) is 4.90. The number of rotatable bonds is 2. The number of pyridine rings is 1. The third kappa shape index (κ3) is 3.12. The van der Waals surface area contributed by atoms with Crippen LogP contribution in [0.5, 0.6) is 0 Å². The van der Waals surface area contributed by atoms with E-state index in [0.717, 1.165) is 11.7 Å². The summed E-state index contributed by atoms with van der Waals surface area (Å²) in [4.78, 5) is 4.28. The lowest BCUT2D eigenvalue weighted by Gasteiger charge is -2.17. The van der Waals surface area contributed by atoms with Crippen molar-refractivity contribution < 1.29 is 0 Å². The number of nitrogen functional groups attached to an aromatic ring is 1. The number of hydrogen-bond donors (Lipinski definition) is 2. The average molecular weight is 219 g/mol. The van der Waals surface area contributed by atoms with Crippen LogP contribution in [0.15, 0.2) is 18.2 Å². The van der Waals surface area contributed by atoms with E-state index in [2.05, 4.69) is 17.2 Å². The maximum absolute atomic E-state index is 5.67. The summed E-state index contributed by atoms with van der Waals surface area (Å²) in [6.07, 6.45) is 6.50. The summed E-state index contributed by atoms with van der Waals surface area (Å²) in [5.74, 6) is 2.38. The molecule has 88 valence electrons. The maximum Gasteiger partial charge on any atom is 0.128 e. The van der Waals surface area contributed by atoms with Crippen LogP contribution < -0.4 is 11.1 Å². The van der Waals surface area contributed by atoms with E-state index >= 15 is 0 Å². The molecule has 0 radical (unpaired) electrons.